The van der Waals surface area contributed by atoms with Crippen molar-refractivity contribution in [2.45, 2.75) is 53.8 Å². The molecular weight excluding hydrogens is 1050 g/mol. The third-order valence-corrected chi connectivity index (χ3v) is 14.1. The number of carbonyl (C=O) groups is 4. The number of alkyl halides is 1. The first-order chi connectivity index (χ1) is 34.9. The lowest BCUT2D eigenvalue weighted by molar-refractivity contribution is -0.134. The van der Waals surface area contributed by atoms with Crippen molar-refractivity contribution in [3.05, 3.63) is 116 Å². The summed E-state index contributed by atoms with van der Waals surface area (Å²) in [6, 6.07) is 18.3. The van der Waals surface area contributed by atoms with Crippen LogP contribution in [0.4, 0.5) is 11.4 Å². The average molecular weight is 1120 g/mol. The quantitative estimate of drug-likeness (QED) is 0.105. The summed E-state index contributed by atoms with van der Waals surface area (Å²) in [7, 11) is 6.30. The fraction of sp³-hybridized carbons (Fsp3) is 0.373. The van der Waals surface area contributed by atoms with E-state index in [1.54, 1.807) is 69.7 Å². The molecule has 23 heteroatoms. The predicted octanol–water partition coefficient (Wildman–Crippen LogP) is 8.72. The molecule has 74 heavy (non-hydrogen) atoms. The molecule has 6 heterocycles. The summed E-state index contributed by atoms with van der Waals surface area (Å²) in [5.41, 5.74) is 6.81. The number of hydrogen-bond donors (Lipinski definition) is 3. The number of aryl methyl sites for hydroxylation is 1. The normalized spacial score (nSPS) is 15.1. The minimum atomic E-state index is -0.274. The minimum Gasteiger partial charge on any atom is -0.495 e. The van der Waals surface area contributed by atoms with Crippen molar-refractivity contribution in [1.82, 2.24) is 50.4 Å². The molecule has 2 aliphatic heterocycles. The molecule has 2 saturated heterocycles. The number of methoxy groups -OCH3 is 2. The molecule has 2 atom stereocenters. The maximum atomic E-state index is 13.2. The summed E-state index contributed by atoms with van der Waals surface area (Å²) >= 11 is 30.5. The fourth-order valence-electron chi connectivity index (χ4n) is 8.17. The van der Waals surface area contributed by atoms with Crippen molar-refractivity contribution in [3.8, 4) is 34.0 Å². The number of halogens is 5. The predicted molar refractivity (Wildman–Crippen MR) is 294 cm³/mol. The second-order valence-electron chi connectivity index (χ2n) is 17.0. The highest BCUT2D eigenvalue weighted by Crippen LogP contribution is 2.33. The standard InChI is InChI=1S/C25H28Cl2N6O3.C14H18Cl2N2O2.C11H11ClN4O.CH4/c1-15-13-31(18-6-7-19(26)21(11-18)36-4)9-10-32(15)22(34)14-33-16(2)23(27)24(30-33)17-5-8-20(29-12-17)25(35)28-3;1-10-9-17(5-6-18(10)14(19)8-15)11-3-4-12(16)13(7-11)20-2;1-6-9(12)10(16-15-6)7-3-4-8(14-5-7)11(17)13-2;/h5-8,11-12,15H,9-10,13-14H2,1-4H3,(H,28,35);3-4,7,10H,5-6,8-9H2,1-2H3;3-5H,1-2H3,(H,13,17)(H,15,16);1H4/t15-;10-;;/m00../s1. The zero-order chi connectivity index (χ0) is 53.1. The van der Waals surface area contributed by atoms with Gasteiger partial charge >= 0.3 is 0 Å². The van der Waals surface area contributed by atoms with E-state index in [0.717, 1.165) is 35.7 Å². The molecule has 18 nitrogen and oxygen atoms in total. The maximum absolute atomic E-state index is 13.2. The minimum absolute atomic E-state index is 0. The van der Waals surface area contributed by atoms with Crippen LogP contribution in [0.2, 0.25) is 20.1 Å². The molecule has 0 spiro atoms. The van der Waals surface area contributed by atoms with Gasteiger partial charge in [0.25, 0.3) is 11.8 Å². The van der Waals surface area contributed by atoms with E-state index < -0.39 is 0 Å². The van der Waals surface area contributed by atoms with Gasteiger partial charge < -0.3 is 39.7 Å². The second kappa shape index (κ2) is 26.8. The molecule has 0 bridgehead atoms. The van der Waals surface area contributed by atoms with Crippen LogP contribution in [0.15, 0.2) is 73.1 Å². The number of aromatic amines is 1. The van der Waals surface area contributed by atoms with Crippen molar-refractivity contribution in [1.29, 1.82) is 0 Å². The molecule has 8 rings (SSSR count). The van der Waals surface area contributed by atoms with Crippen LogP contribution in [0.5, 0.6) is 11.5 Å². The molecule has 3 N–H and O–H groups in total. The Morgan fingerprint density at radius 3 is 1.54 bits per heavy atom. The molecule has 396 valence electrons. The Morgan fingerprint density at radius 2 is 1.15 bits per heavy atom. The van der Waals surface area contributed by atoms with E-state index in [-0.39, 0.29) is 55.6 Å². The Bertz CT molecular complexity index is 2900. The van der Waals surface area contributed by atoms with E-state index in [2.05, 4.69) is 45.7 Å². The number of ether oxygens (including phenoxy) is 2. The summed E-state index contributed by atoms with van der Waals surface area (Å²) in [5.74, 6) is 0.797. The molecule has 4 amide bonds. The van der Waals surface area contributed by atoms with Crippen LogP contribution in [0, 0.1) is 13.8 Å². The SMILES string of the molecule is C.CNC(=O)c1ccc(-c2n[nH]c(C)c2Cl)cn1.CNC(=O)c1ccc(-c2nn(CC(=O)N3CCN(c4ccc(Cl)c(OC)c4)C[C@@H]3C)c(C)c2Cl)cn1.COc1cc(N2CCN(C(=O)CCl)[C@@H](C)C2)ccc1Cl. The van der Waals surface area contributed by atoms with E-state index >= 15 is 0 Å². The van der Waals surface area contributed by atoms with Gasteiger partial charge in [-0.1, -0.05) is 53.8 Å². The lowest BCUT2D eigenvalue weighted by atomic mass is 10.1. The largest absolute Gasteiger partial charge is 0.495 e. The van der Waals surface area contributed by atoms with Crippen molar-refractivity contribution >= 4 is 93.0 Å². The van der Waals surface area contributed by atoms with Crippen molar-refractivity contribution < 1.29 is 28.7 Å². The summed E-state index contributed by atoms with van der Waals surface area (Å²) in [5, 5.41) is 18.7. The number of H-pyrrole nitrogens is 1. The van der Waals surface area contributed by atoms with Gasteiger partial charge in [0.05, 0.1) is 45.7 Å². The van der Waals surface area contributed by atoms with E-state index in [1.165, 1.54) is 0 Å². The summed E-state index contributed by atoms with van der Waals surface area (Å²) in [4.78, 5) is 64.4. The number of nitrogens with one attached hydrogen (secondary N) is 3. The highest BCUT2D eigenvalue weighted by atomic mass is 35.5. The zero-order valence-corrected chi connectivity index (χ0v) is 45.4. The smallest absolute Gasteiger partial charge is 0.269 e. The van der Waals surface area contributed by atoms with Crippen LogP contribution in [0.25, 0.3) is 22.5 Å². The van der Waals surface area contributed by atoms with E-state index in [1.807, 2.05) is 73.9 Å². The second-order valence-corrected chi connectivity index (χ2v) is 18.8. The molecule has 4 aromatic heterocycles. The summed E-state index contributed by atoms with van der Waals surface area (Å²) in [6.07, 6.45) is 3.13. The number of nitrogens with zero attached hydrogens (tertiary/aromatic N) is 9. The molecule has 0 radical (unpaired) electrons. The van der Waals surface area contributed by atoms with Gasteiger partial charge in [-0.2, -0.15) is 10.2 Å². The van der Waals surface area contributed by atoms with E-state index in [9.17, 15) is 19.2 Å². The first-order valence-corrected chi connectivity index (χ1v) is 25.1. The van der Waals surface area contributed by atoms with Gasteiger partial charge in [0.1, 0.15) is 46.7 Å². The number of carbonyl (C=O) groups excluding carboxylic acids is 4. The first kappa shape index (κ1) is 58.6. The van der Waals surface area contributed by atoms with Crippen LogP contribution in [-0.2, 0) is 16.1 Å². The Hall–Kier alpha value is -6.31. The number of piperazine rings is 2. The van der Waals surface area contributed by atoms with Crippen LogP contribution in [0.1, 0.15) is 53.6 Å². The van der Waals surface area contributed by atoms with Gasteiger partial charge in [0, 0.05) is 112 Å². The van der Waals surface area contributed by atoms with Crippen molar-refractivity contribution in [2.75, 3.05) is 83.3 Å². The van der Waals surface area contributed by atoms with Gasteiger partial charge in [-0.15, -0.1) is 11.6 Å². The Balaban J connectivity index is 0.000000225. The number of aromatic nitrogens is 6. The van der Waals surface area contributed by atoms with Crippen LogP contribution >= 0.6 is 58.0 Å². The Morgan fingerprint density at radius 1 is 0.676 bits per heavy atom. The molecule has 0 unspecified atom stereocenters. The van der Waals surface area contributed by atoms with Gasteiger partial charge in [-0.3, -0.25) is 38.9 Å². The molecule has 2 fully saturated rings. The molecular formula is C51H61Cl5N12O6. The van der Waals surface area contributed by atoms with Crippen LogP contribution in [-0.4, -0.2) is 149 Å². The highest BCUT2D eigenvalue weighted by molar-refractivity contribution is 6.34. The number of benzene rings is 2. The molecule has 6 aromatic rings. The molecule has 0 aliphatic carbocycles. The average Bonchev–Trinajstić information content (AvgIpc) is 3.89. The Labute approximate surface area is 456 Å². The van der Waals surface area contributed by atoms with Gasteiger partial charge in [-0.25, -0.2) is 0 Å². The van der Waals surface area contributed by atoms with Gasteiger partial charge in [-0.05, 0) is 76.2 Å². The van der Waals surface area contributed by atoms with Crippen LogP contribution < -0.4 is 29.9 Å². The number of anilines is 2. The number of pyridine rings is 2. The van der Waals surface area contributed by atoms with Crippen molar-refractivity contribution in [3.63, 3.8) is 0 Å². The van der Waals surface area contributed by atoms with Gasteiger partial charge in [0.15, 0.2) is 0 Å². The van der Waals surface area contributed by atoms with Crippen molar-refractivity contribution in [2.24, 2.45) is 0 Å². The van der Waals surface area contributed by atoms with Gasteiger partial charge in [0.2, 0.25) is 11.8 Å². The molecule has 2 aromatic carbocycles. The van der Waals surface area contributed by atoms with E-state index in [0.29, 0.717) is 91.8 Å². The monoisotopic (exact) mass is 1110 g/mol. The number of rotatable bonds is 11. The lowest BCUT2D eigenvalue weighted by Crippen LogP contribution is -2.54. The third-order valence-electron chi connectivity index (χ3n) is 12.3. The highest BCUT2D eigenvalue weighted by Gasteiger charge is 2.30. The lowest BCUT2D eigenvalue weighted by Gasteiger charge is -2.41. The zero-order valence-electron chi connectivity index (χ0n) is 41.6. The fourth-order valence-corrected chi connectivity index (χ4v) is 9.15. The molecule has 2 aliphatic rings. The van der Waals surface area contributed by atoms with E-state index in [4.69, 9.17) is 67.5 Å². The van der Waals surface area contributed by atoms with Crippen LogP contribution in [0.3, 0.4) is 0 Å². The maximum Gasteiger partial charge on any atom is 0.269 e. The molecule has 0 saturated carbocycles. The topological polar surface area (TPSA) is 196 Å². The first-order valence-electron chi connectivity index (χ1n) is 23.0. The summed E-state index contributed by atoms with van der Waals surface area (Å²) < 4.78 is 12.2. The Kier molecular flexibility index (Phi) is 21.2. The third kappa shape index (κ3) is 13.9. The number of amides is 4. The summed E-state index contributed by atoms with van der Waals surface area (Å²) in [6.45, 7) is 12.0. The number of hydrogen-bond acceptors (Lipinski definition) is 12.